The van der Waals surface area contributed by atoms with Crippen molar-refractivity contribution < 1.29 is 0 Å². The molecular weight excluding hydrogens is 216 g/mol. The van der Waals surface area contributed by atoms with Crippen LogP contribution >= 0.6 is 0 Å². The van der Waals surface area contributed by atoms with Crippen molar-refractivity contribution in [1.29, 1.82) is 0 Å². The number of nitrogens with one attached hydrogen (secondary N) is 1. The number of benzene rings is 1. The molecule has 17 heavy (non-hydrogen) atoms. The summed E-state index contributed by atoms with van der Waals surface area (Å²) in [6.07, 6.45) is 1.65. The Hall–Kier alpha value is -2.43. The molecule has 3 N–H and O–H groups in total. The monoisotopic (exact) mass is 226 g/mol. The second-order valence-corrected chi connectivity index (χ2v) is 3.94. The first-order chi connectivity index (χ1) is 8.15. The molecule has 1 aromatic carbocycles. The number of pyridine rings is 1. The highest BCUT2D eigenvalue weighted by Crippen LogP contribution is 2.22. The maximum atomic E-state index is 11.8. The highest BCUT2D eigenvalue weighted by atomic mass is 16.1. The number of anilines is 1. The van der Waals surface area contributed by atoms with E-state index in [0.717, 1.165) is 16.3 Å². The fraction of sp³-hybridized carbons (Fsp3) is 0.0833. The highest BCUT2D eigenvalue weighted by Gasteiger charge is 2.05. The molecule has 3 rings (SSSR count). The van der Waals surface area contributed by atoms with E-state index in [0.29, 0.717) is 17.0 Å². The summed E-state index contributed by atoms with van der Waals surface area (Å²) in [6, 6.07) is 5.48. The van der Waals surface area contributed by atoms with E-state index in [1.165, 1.54) is 0 Å². The first-order valence-corrected chi connectivity index (χ1v) is 5.20. The summed E-state index contributed by atoms with van der Waals surface area (Å²) in [6.45, 7) is 1.76. The molecule has 0 unspecified atom stereocenters. The average Bonchev–Trinajstić information content (AvgIpc) is 2.27. The van der Waals surface area contributed by atoms with Crippen molar-refractivity contribution in [3.8, 4) is 0 Å². The number of hydrogen-bond donors (Lipinski definition) is 2. The molecule has 2 heterocycles. The van der Waals surface area contributed by atoms with Crippen molar-refractivity contribution >= 4 is 27.5 Å². The molecular formula is C12H10N4O. The van der Waals surface area contributed by atoms with Crippen molar-refractivity contribution in [2.75, 3.05) is 5.73 Å². The Bertz CT molecular complexity index is 791. The number of fused-ring (bicyclic) bond motifs is 2. The van der Waals surface area contributed by atoms with Gasteiger partial charge in [0.2, 0.25) is 0 Å². The number of nitrogen functional groups attached to an aromatic ring is 1. The van der Waals surface area contributed by atoms with Crippen LogP contribution in [-0.2, 0) is 0 Å². The second-order valence-electron chi connectivity index (χ2n) is 3.94. The van der Waals surface area contributed by atoms with Gasteiger partial charge in [-0.1, -0.05) is 0 Å². The van der Waals surface area contributed by atoms with E-state index >= 15 is 0 Å². The molecule has 0 saturated heterocycles. The Kier molecular flexibility index (Phi) is 1.89. The van der Waals surface area contributed by atoms with Crippen molar-refractivity contribution in [1.82, 2.24) is 15.0 Å². The average molecular weight is 226 g/mol. The number of hydrogen-bond acceptors (Lipinski definition) is 4. The van der Waals surface area contributed by atoms with Crippen LogP contribution < -0.4 is 11.3 Å². The van der Waals surface area contributed by atoms with Crippen molar-refractivity contribution in [3.05, 3.63) is 40.6 Å². The summed E-state index contributed by atoms with van der Waals surface area (Å²) in [7, 11) is 0. The van der Waals surface area contributed by atoms with Crippen LogP contribution in [0.4, 0.5) is 5.82 Å². The van der Waals surface area contributed by atoms with Crippen molar-refractivity contribution in [3.63, 3.8) is 0 Å². The number of aromatic nitrogens is 3. The van der Waals surface area contributed by atoms with Crippen LogP contribution in [0, 0.1) is 6.92 Å². The standard InChI is InChI=1S/C12H10N4O/c1-6-15-10-4-7-2-3-14-11(13)8(7)5-9(10)12(17)16-6/h2-5H,1H3,(H2,13,14)(H,15,16,17). The smallest absolute Gasteiger partial charge is 0.280 e. The van der Waals surface area contributed by atoms with Gasteiger partial charge in [-0.3, -0.25) is 4.79 Å². The summed E-state index contributed by atoms with van der Waals surface area (Å²) < 4.78 is 0. The maximum Gasteiger partial charge on any atom is 0.280 e. The third-order valence-corrected chi connectivity index (χ3v) is 2.75. The van der Waals surface area contributed by atoms with Gasteiger partial charge in [0, 0.05) is 11.6 Å². The molecule has 0 saturated carbocycles. The molecule has 0 bridgehead atoms. The number of rotatable bonds is 0. The SMILES string of the molecule is Cc1nc(=O)c2cc3c(N)nccc3cc2[nH]1. The third kappa shape index (κ3) is 1.44. The van der Waals surface area contributed by atoms with E-state index in [2.05, 4.69) is 15.0 Å². The number of nitrogens with zero attached hydrogens (tertiary/aromatic N) is 2. The zero-order valence-electron chi connectivity index (χ0n) is 9.19. The minimum atomic E-state index is -0.249. The van der Waals surface area contributed by atoms with E-state index in [-0.39, 0.29) is 5.56 Å². The Labute approximate surface area is 96.3 Å². The topological polar surface area (TPSA) is 84.7 Å². The molecule has 0 spiro atoms. The zero-order chi connectivity index (χ0) is 12.0. The molecule has 3 aromatic rings. The van der Waals surface area contributed by atoms with Crippen molar-refractivity contribution in [2.45, 2.75) is 6.92 Å². The highest BCUT2D eigenvalue weighted by molar-refractivity contribution is 6.00. The molecule has 5 nitrogen and oxygen atoms in total. The Balaban J connectivity index is 2.57. The van der Waals surface area contributed by atoms with Crippen LogP contribution in [-0.4, -0.2) is 15.0 Å². The molecule has 84 valence electrons. The van der Waals surface area contributed by atoms with E-state index < -0.39 is 0 Å². The van der Waals surface area contributed by atoms with Crippen LogP contribution in [0.5, 0.6) is 0 Å². The summed E-state index contributed by atoms with van der Waals surface area (Å²) >= 11 is 0. The molecule has 0 aliphatic carbocycles. The lowest BCUT2D eigenvalue weighted by molar-refractivity contribution is 1.06. The summed E-state index contributed by atoms with van der Waals surface area (Å²) in [4.78, 5) is 22.7. The van der Waals surface area contributed by atoms with E-state index in [9.17, 15) is 4.79 Å². The fourth-order valence-electron chi connectivity index (χ4n) is 1.96. The van der Waals surface area contributed by atoms with Gasteiger partial charge in [-0.25, -0.2) is 4.98 Å². The second kappa shape index (κ2) is 3.28. The van der Waals surface area contributed by atoms with Gasteiger partial charge in [0.15, 0.2) is 0 Å². The number of aryl methyl sites for hydroxylation is 1. The van der Waals surface area contributed by atoms with Gasteiger partial charge < -0.3 is 10.7 Å². The first-order valence-electron chi connectivity index (χ1n) is 5.20. The Morgan fingerprint density at radius 1 is 1.29 bits per heavy atom. The summed E-state index contributed by atoms with van der Waals surface area (Å²) in [5.41, 5.74) is 6.30. The minimum Gasteiger partial charge on any atom is -0.383 e. The third-order valence-electron chi connectivity index (χ3n) is 2.75. The Morgan fingerprint density at radius 3 is 2.94 bits per heavy atom. The maximum absolute atomic E-state index is 11.8. The van der Waals surface area contributed by atoms with Gasteiger partial charge in [0.1, 0.15) is 11.6 Å². The number of H-pyrrole nitrogens is 1. The largest absolute Gasteiger partial charge is 0.383 e. The summed E-state index contributed by atoms with van der Waals surface area (Å²) in [5.74, 6) is 1.02. The van der Waals surface area contributed by atoms with Crippen LogP contribution in [0.2, 0.25) is 0 Å². The summed E-state index contributed by atoms with van der Waals surface area (Å²) in [5, 5.41) is 2.25. The van der Waals surface area contributed by atoms with Gasteiger partial charge in [-0.15, -0.1) is 0 Å². The quantitative estimate of drug-likeness (QED) is 0.567. The molecule has 0 atom stereocenters. The van der Waals surface area contributed by atoms with Gasteiger partial charge in [-0.2, -0.15) is 4.98 Å². The van der Waals surface area contributed by atoms with Crippen LogP contribution in [0.25, 0.3) is 21.7 Å². The van der Waals surface area contributed by atoms with Crippen molar-refractivity contribution in [2.24, 2.45) is 0 Å². The van der Waals surface area contributed by atoms with E-state index in [1.807, 2.05) is 12.1 Å². The molecule has 0 aliphatic rings. The van der Waals surface area contributed by atoms with Gasteiger partial charge in [-0.05, 0) is 30.5 Å². The van der Waals surface area contributed by atoms with Gasteiger partial charge in [0.25, 0.3) is 5.56 Å². The zero-order valence-corrected chi connectivity index (χ0v) is 9.19. The van der Waals surface area contributed by atoms with Gasteiger partial charge >= 0.3 is 0 Å². The lowest BCUT2D eigenvalue weighted by Gasteiger charge is -2.04. The molecule has 0 aliphatic heterocycles. The molecule has 0 radical (unpaired) electrons. The van der Waals surface area contributed by atoms with E-state index in [1.54, 1.807) is 19.2 Å². The molecule has 0 amide bonds. The predicted molar refractivity (Wildman–Crippen MR) is 66.8 cm³/mol. The fourth-order valence-corrected chi connectivity index (χ4v) is 1.96. The predicted octanol–water partition coefficient (Wildman–Crippen LogP) is 1.36. The number of aromatic amines is 1. The van der Waals surface area contributed by atoms with E-state index in [4.69, 9.17) is 5.73 Å². The minimum absolute atomic E-state index is 0.249. The van der Waals surface area contributed by atoms with Crippen LogP contribution in [0.15, 0.2) is 29.2 Å². The van der Waals surface area contributed by atoms with Gasteiger partial charge in [0.05, 0.1) is 10.9 Å². The Morgan fingerprint density at radius 2 is 2.12 bits per heavy atom. The first kappa shape index (κ1) is 9.77. The molecule has 2 aromatic heterocycles. The van der Waals surface area contributed by atoms with Crippen LogP contribution in [0.1, 0.15) is 5.82 Å². The number of nitrogens with two attached hydrogens (primary N) is 1. The molecule has 5 heteroatoms. The normalized spacial score (nSPS) is 11.1. The lowest BCUT2D eigenvalue weighted by Crippen LogP contribution is -2.09. The lowest BCUT2D eigenvalue weighted by atomic mass is 10.1. The van der Waals surface area contributed by atoms with Crippen LogP contribution in [0.3, 0.4) is 0 Å². The molecule has 0 fully saturated rings.